The van der Waals surface area contributed by atoms with Crippen LogP contribution in [0, 0.1) is 6.92 Å². The molecule has 0 spiro atoms. The van der Waals surface area contributed by atoms with E-state index in [0.717, 1.165) is 37.5 Å². The second kappa shape index (κ2) is 9.53. The maximum absolute atomic E-state index is 11.5. The molecule has 3 atom stereocenters. The highest BCUT2D eigenvalue weighted by molar-refractivity contribution is 7.10. The smallest absolute Gasteiger partial charge is 0.225 e. The number of carbonyl (C=O) groups excluding carboxylic acids is 1. The molecule has 1 amide bonds. The van der Waals surface area contributed by atoms with Crippen LogP contribution in [0.3, 0.4) is 0 Å². The number of aromatic nitrogens is 7. The molecule has 2 saturated heterocycles. The summed E-state index contributed by atoms with van der Waals surface area (Å²) >= 11 is 1.70. The number of thiophene rings is 1. The summed E-state index contributed by atoms with van der Waals surface area (Å²) in [6.45, 7) is 7.44. The number of rotatable bonds is 9. The highest BCUT2D eigenvalue weighted by atomic mass is 32.1. The van der Waals surface area contributed by atoms with Crippen LogP contribution in [0.15, 0.2) is 17.5 Å². The van der Waals surface area contributed by atoms with Gasteiger partial charge < -0.3 is 10.3 Å². The number of carbonyl (C=O) groups is 1. The van der Waals surface area contributed by atoms with E-state index in [1.54, 1.807) is 16.0 Å². The molecule has 11 heteroatoms. The molecule has 3 aromatic heterocycles. The Morgan fingerprint density at radius 2 is 1.94 bits per heavy atom. The third-order valence-corrected chi connectivity index (χ3v) is 8.33. The number of fused-ring (bicyclic) bond motifs is 2. The molecule has 5 rings (SSSR count). The molecule has 2 aliphatic heterocycles. The van der Waals surface area contributed by atoms with Gasteiger partial charge in [-0.25, -0.2) is 4.68 Å². The highest BCUT2D eigenvalue weighted by Crippen LogP contribution is 2.42. The Labute approximate surface area is 203 Å². The predicted octanol–water partition coefficient (Wildman–Crippen LogP) is 2.63. The van der Waals surface area contributed by atoms with E-state index in [1.807, 2.05) is 6.07 Å². The van der Waals surface area contributed by atoms with Gasteiger partial charge in [-0.05, 0) is 60.9 Å². The molecule has 2 N–H and O–H groups in total. The van der Waals surface area contributed by atoms with Gasteiger partial charge in [0.2, 0.25) is 5.91 Å². The van der Waals surface area contributed by atoms with E-state index >= 15 is 0 Å². The molecule has 5 heterocycles. The van der Waals surface area contributed by atoms with Crippen molar-refractivity contribution >= 4 is 17.2 Å². The predicted molar refractivity (Wildman–Crippen MR) is 128 cm³/mol. The second-order valence-corrected chi connectivity index (χ2v) is 10.9. The maximum Gasteiger partial charge on any atom is 0.225 e. The zero-order chi connectivity index (χ0) is 23.8. The Bertz CT molecular complexity index is 1110. The SMILES string of the molecule is Cc1nnc(C(C)C)n1C1C[C@@H]2CC[C@@H](C1)N2CC[C@@H](c1cccs1)n1nnnc1CC(N)=O. The first-order chi connectivity index (χ1) is 16.4. The van der Waals surface area contributed by atoms with Crippen molar-refractivity contribution in [3.05, 3.63) is 39.9 Å². The number of piperidine rings is 1. The molecule has 10 nitrogen and oxygen atoms in total. The molecule has 182 valence electrons. The first-order valence-corrected chi connectivity index (χ1v) is 13.1. The summed E-state index contributed by atoms with van der Waals surface area (Å²) in [5.74, 6) is 2.60. The van der Waals surface area contributed by atoms with E-state index in [1.165, 1.54) is 17.7 Å². The van der Waals surface area contributed by atoms with Gasteiger partial charge in [-0.15, -0.1) is 26.6 Å². The Morgan fingerprint density at radius 1 is 1.18 bits per heavy atom. The molecular formula is C23H33N9OS. The number of primary amides is 1. The molecule has 2 bridgehead atoms. The van der Waals surface area contributed by atoms with Gasteiger partial charge in [0.25, 0.3) is 0 Å². The van der Waals surface area contributed by atoms with Crippen LogP contribution < -0.4 is 5.73 Å². The summed E-state index contributed by atoms with van der Waals surface area (Å²) in [4.78, 5) is 15.4. The Morgan fingerprint density at radius 3 is 2.59 bits per heavy atom. The molecule has 0 radical (unpaired) electrons. The quantitative estimate of drug-likeness (QED) is 0.497. The second-order valence-electron chi connectivity index (χ2n) is 9.88. The van der Waals surface area contributed by atoms with Crippen molar-refractivity contribution in [2.45, 2.75) is 89.4 Å². The average molecular weight is 484 g/mol. The van der Waals surface area contributed by atoms with Gasteiger partial charge in [0.05, 0.1) is 12.5 Å². The van der Waals surface area contributed by atoms with Gasteiger partial charge in [-0.2, -0.15) is 0 Å². The third kappa shape index (κ3) is 4.38. The van der Waals surface area contributed by atoms with Crippen LogP contribution in [0.4, 0.5) is 0 Å². The van der Waals surface area contributed by atoms with Crippen LogP contribution in [-0.4, -0.2) is 64.4 Å². The van der Waals surface area contributed by atoms with Crippen molar-refractivity contribution in [2.24, 2.45) is 5.73 Å². The standard InChI is InChI=1S/C23H33N9OS/c1-14(2)23-27-25-15(3)31(23)18-11-16-6-7-17(12-18)30(16)9-8-19(20-5-4-10-34-20)32-22(13-21(24)33)26-28-29-32/h4-5,10,14,16-19H,6-9,11-13H2,1-3H3,(H2,24,33)/t16-,17-,19-/m0/s1. The fraction of sp³-hybridized carbons (Fsp3) is 0.652. The van der Waals surface area contributed by atoms with Crippen molar-refractivity contribution in [3.63, 3.8) is 0 Å². The lowest BCUT2D eigenvalue weighted by Crippen LogP contribution is -2.44. The topological polar surface area (TPSA) is 121 Å². The van der Waals surface area contributed by atoms with Crippen molar-refractivity contribution in [1.29, 1.82) is 0 Å². The lowest BCUT2D eigenvalue weighted by Gasteiger charge is -2.40. The van der Waals surface area contributed by atoms with E-state index in [2.05, 4.69) is 67.4 Å². The van der Waals surface area contributed by atoms with Gasteiger partial charge in [0.15, 0.2) is 5.82 Å². The van der Waals surface area contributed by atoms with Crippen molar-refractivity contribution < 1.29 is 4.79 Å². The normalized spacial score (nSPS) is 23.6. The highest BCUT2D eigenvalue weighted by Gasteiger charge is 2.42. The molecule has 0 unspecified atom stereocenters. The summed E-state index contributed by atoms with van der Waals surface area (Å²) in [6.07, 6.45) is 5.68. The van der Waals surface area contributed by atoms with Gasteiger partial charge in [0, 0.05) is 35.5 Å². The molecule has 3 aromatic rings. The zero-order valence-electron chi connectivity index (χ0n) is 20.0. The molecule has 0 aromatic carbocycles. The third-order valence-electron chi connectivity index (χ3n) is 7.35. The minimum Gasteiger partial charge on any atom is -0.369 e. The van der Waals surface area contributed by atoms with Crippen molar-refractivity contribution in [2.75, 3.05) is 6.54 Å². The van der Waals surface area contributed by atoms with Gasteiger partial charge in [0.1, 0.15) is 11.6 Å². The molecule has 34 heavy (non-hydrogen) atoms. The molecule has 2 aliphatic rings. The number of amides is 1. The van der Waals surface area contributed by atoms with Crippen LogP contribution in [0.25, 0.3) is 0 Å². The Hall–Kier alpha value is -2.66. The molecule has 2 fully saturated rings. The average Bonchev–Trinajstić information content (AvgIpc) is 3.57. The summed E-state index contributed by atoms with van der Waals surface area (Å²) < 4.78 is 4.19. The van der Waals surface area contributed by atoms with Crippen LogP contribution in [0.5, 0.6) is 0 Å². The minimum absolute atomic E-state index is 0.00545. The number of hydrogen-bond acceptors (Lipinski definition) is 8. The number of nitrogens with two attached hydrogens (primary N) is 1. The lowest BCUT2D eigenvalue weighted by molar-refractivity contribution is -0.117. The fourth-order valence-electron chi connectivity index (χ4n) is 5.92. The van der Waals surface area contributed by atoms with Gasteiger partial charge >= 0.3 is 0 Å². The first-order valence-electron chi connectivity index (χ1n) is 12.2. The monoisotopic (exact) mass is 483 g/mol. The molecular weight excluding hydrogens is 450 g/mol. The van der Waals surface area contributed by atoms with Crippen molar-refractivity contribution in [1.82, 2.24) is 39.9 Å². The summed E-state index contributed by atoms with van der Waals surface area (Å²) in [6, 6.07) is 5.76. The van der Waals surface area contributed by atoms with E-state index < -0.39 is 5.91 Å². The molecule has 0 saturated carbocycles. The number of nitrogens with zero attached hydrogens (tertiary/aromatic N) is 8. The van der Waals surface area contributed by atoms with Gasteiger partial charge in [-0.3, -0.25) is 9.69 Å². The molecule has 0 aliphatic carbocycles. The van der Waals surface area contributed by atoms with E-state index in [0.29, 0.717) is 29.9 Å². The minimum atomic E-state index is -0.425. The summed E-state index contributed by atoms with van der Waals surface area (Å²) in [5.41, 5.74) is 5.44. The van der Waals surface area contributed by atoms with E-state index in [4.69, 9.17) is 5.73 Å². The van der Waals surface area contributed by atoms with E-state index in [-0.39, 0.29) is 12.5 Å². The van der Waals surface area contributed by atoms with Crippen LogP contribution in [-0.2, 0) is 11.2 Å². The van der Waals surface area contributed by atoms with E-state index in [9.17, 15) is 4.79 Å². The largest absolute Gasteiger partial charge is 0.369 e. The first kappa shape index (κ1) is 23.1. The Kier molecular flexibility index (Phi) is 6.48. The maximum atomic E-state index is 11.5. The van der Waals surface area contributed by atoms with Crippen LogP contribution in [0.2, 0.25) is 0 Å². The zero-order valence-corrected chi connectivity index (χ0v) is 20.9. The van der Waals surface area contributed by atoms with Crippen LogP contribution in [0.1, 0.15) is 86.3 Å². The van der Waals surface area contributed by atoms with Crippen LogP contribution >= 0.6 is 11.3 Å². The summed E-state index contributed by atoms with van der Waals surface area (Å²) in [7, 11) is 0. The Balaban J connectivity index is 1.32. The number of aryl methyl sites for hydroxylation is 1. The fourth-order valence-corrected chi connectivity index (χ4v) is 6.76. The lowest BCUT2D eigenvalue weighted by atomic mass is 9.95. The summed E-state index contributed by atoms with van der Waals surface area (Å²) in [5, 5.41) is 23.1. The number of tetrazole rings is 1. The number of hydrogen-bond donors (Lipinski definition) is 1. The van der Waals surface area contributed by atoms with Gasteiger partial charge in [-0.1, -0.05) is 19.9 Å². The van der Waals surface area contributed by atoms with Crippen molar-refractivity contribution in [3.8, 4) is 0 Å².